The molecule has 776 valence electrons. The summed E-state index contributed by atoms with van der Waals surface area (Å²) in [7, 11) is -24.8. The van der Waals surface area contributed by atoms with E-state index in [2.05, 4.69) is 15.4 Å². The third-order valence-electron chi connectivity index (χ3n) is 11.9. The van der Waals surface area contributed by atoms with Crippen LogP contribution in [0.15, 0.2) is 79.9 Å². The van der Waals surface area contributed by atoms with Crippen LogP contribution in [0.5, 0.6) is 0 Å². The number of ether oxygens (including phenoxy) is 8. The molecule has 2 unspecified atom stereocenters. The molecule has 0 aliphatic carbocycles. The predicted octanol–water partition coefficient (Wildman–Crippen LogP) is 14.4. The minimum absolute atomic E-state index is 0. The Kier molecular flexibility index (Phi) is 80.3. The van der Waals surface area contributed by atoms with E-state index in [-0.39, 0.29) is 54.8 Å². The highest BCUT2D eigenvalue weighted by Crippen LogP contribution is 2.57. The first-order valence-electron chi connectivity index (χ1n) is 38.2. The average Bonchev–Trinajstić information content (AvgIpc) is 0.811. The second kappa shape index (κ2) is 72.0. The van der Waals surface area contributed by atoms with Gasteiger partial charge in [-0.25, -0.2) is 43.3 Å². The molecule has 0 aliphatic rings. The van der Waals surface area contributed by atoms with Crippen molar-refractivity contribution < 1.29 is 190 Å². The Hall–Kier alpha value is -5.36. The Morgan fingerprint density at radius 2 is 0.817 bits per heavy atom. The van der Waals surface area contributed by atoms with Crippen LogP contribution in [0.1, 0.15) is 190 Å². The number of esters is 3. The lowest BCUT2D eigenvalue weighted by Crippen LogP contribution is -2.41. The molecule has 2 amide bonds. The lowest BCUT2D eigenvalue weighted by molar-refractivity contribution is -0.176. The Labute approximate surface area is 789 Å². The van der Waals surface area contributed by atoms with Gasteiger partial charge in [0.15, 0.2) is 19.7 Å². The third-order valence-corrected chi connectivity index (χ3v) is 28.8. The van der Waals surface area contributed by atoms with Crippen molar-refractivity contribution in [2.45, 2.75) is 259 Å². The van der Waals surface area contributed by atoms with Gasteiger partial charge >= 0.3 is 52.9 Å². The van der Waals surface area contributed by atoms with Gasteiger partial charge in [0.2, 0.25) is 20.1 Å². The normalized spacial score (nSPS) is 13.1. The van der Waals surface area contributed by atoms with Gasteiger partial charge in [-0.3, -0.25) is 58.5 Å². The van der Waals surface area contributed by atoms with Crippen LogP contribution in [0, 0.1) is 13.8 Å². The maximum absolute atomic E-state index is 12.0. The number of benzene rings is 2. The fourth-order valence-electron chi connectivity index (χ4n) is 7.77. The molecule has 44 nitrogen and oxygen atoms in total. The lowest BCUT2D eigenvalue weighted by Gasteiger charge is -2.24. The maximum atomic E-state index is 12.0. The van der Waals surface area contributed by atoms with Gasteiger partial charge in [0.1, 0.15) is 48.8 Å². The summed E-state index contributed by atoms with van der Waals surface area (Å²) in [6.45, 7) is 42.5. The van der Waals surface area contributed by atoms with E-state index in [4.69, 9.17) is 113 Å². The number of sulfone groups is 3. The number of nitrogens with two attached hydrogens (primary N) is 1. The summed E-state index contributed by atoms with van der Waals surface area (Å²) in [5.74, 6) is -2.49. The molecule has 0 radical (unpaired) electrons. The van der Waals surface area contributed by atoms with Crippen LogP contribution in [0.3, 0.4) is 0 Å². The van der Waals surface area contributed by atoms with Crippen LogP contribution >= 0.6 is 57.9 Å². The zero-order valence-corrected chi connectivity index (χ0v) is 89.1. The van der Waals surface area contributed by atoms with Gasteiger partial charge in [0.25, 0.3) is 21.3 Å². The van der Waals surface area contributed by atoms with Gasteiger partial charge in [-0.1, -0.05) is 54.4 Å². The monoisotopic (exact) mass is 2110 g/mol. The number of thioether (sulfide) groups is 2. The molecule has 0 saturated heterocycles. The number of aldehydes is 1. The molecule has 0 heterocycles. The van der Waals surface area contributed by atoms with Gasteiger partial charge < -0.3 is 95.9 Å². The molecule has 55 heteroatoms. The highest BCUT2D eigenvalue weighted by Gasteiger charge is 2.43. The van der Waals surface area contributed by atoms with Crippen molar-refractivity contribution in [3.63, 3.8) is 0 Å². The fourth-order valence-corrected chi connectivity index (χ4v) is 19.5. The first-order valence-corrected chi connectivity index (χ1v) is 54.8. The number of hydrogen-bond acceptors (Lipinski definition) is 42. The molecule has 0 aromatic heterocycles. The van der Waals surface area contributed by atoms with E-state index >= 15 is 0 Å². The van der Waals surface area contributed by atoms with E-state index in [0.29, 0.717) is 38.2 Å². The maximum Gasteiger partial charge on any atom is 0.408 e. The largest absolute Gasteiger partial charge is 0.744 e. The van der Waals surface area contributed by atoms with E-state index in [1.165, 1.54) is 68.1 Å². The molecular formula is C76H146ClN3O41P3S7-. The van der Waals surface area contributed by atoms with Crippen molar-refractivity contribution in [2.75, 3.05) is 97.7 Å². The molecule has 0 saturated carbocycles. The fraction of sp³-hybridized carbons (Fsp3) is 0.697. The van der Waals surface area contributed by atoms with E-state index in [1.807, 2.05) is 34.0 Å². The quantitative estimate of drug-likeness (QED) is 0.00352. The topological polar surface area (TPSA) is 665 Å². The van der Waals surface area contributed by atoms with Crippen LogP contribution in [0.2, 0.25) is 0 Å². The molecule has 10 N–H and O–H groups in total. The van der Waals surface area contributed by atoms with E-state index in [1.54, 1.807) is 162 Å². The second-order valence-corrected chi connectivity index (χ2v) is 48.7. The number of amides is 2. The molecule has 2 aromatic rings. The molecule has 0 spiro atoms. The number of hydrogen-bond donors (Lipinski definition) is 9. The van der Waals surface area contributed by atoms with E-state index < -0.39 is 169 Å². The number of carbonyl (C=O) groups excluding carboxylic acids is 6. The number of carbonyl (C=O) groups is 7. The molecule has 0 fully saturated rings. The Bertz CT molecular complexity index is 4200. The Morgan fingerprint density at radius 3 is 1.06 bits per heavy atom. The molecule has 5 atom stereocenters. The molecule has 0 aliphatic heterocycles. The summed E-state index contributed by atoms with van der Waals surface area (Å²) >= 11 is 8.51. The summed E-state index contributed by atoms with van der Waals surface area (Å²) in [4.78, 5) is 77.8. The first-order chi connectivity index (χ1) is 58.7. The van der Waals surface area contributed by atoms with Gasteiger partial charge in [-0.2, -0.15) is 20.2 Å². The number of nitrogens with one attached hydrogen (secondary N) is 2. The number of aliphatic carboxylic acids is 1. The molecule has 2 rings (SSSR count). The standard InChI is InChI=1S/C15H26ClNO6S.C13H23NO5.C11H21NO5S.C7H17O6PS.C7H17O4PS.2C7H8O3S.C6H15O3PS.C2H4O2.CH4.2H2O2/c1-14(2,3)22-12(18)9-10(8-11(16)24(7,20)21)17-13(19)23-15(4,5)6;1-12(2,3)18-10(16)7-9(8-15)14-11(17)19-13(4,5)6;1-11(2,3)17-9(13)6-8(12)7-10(16-4)18(5,14)15;1-5-12-14(8,13-6-2)7(11-3)15(4,9)10;1-5-10-12(8,11-6-2)7(9-3)13-4;2*1-6-2-4-7(5-3-6)11(8,9)10;1-4-8-10(7,6-11-3)9-5-2;1-2(3)4;;2*1-2/h8,10H,9H2,1-7H3,(H,17,19);8-9H,7H2,1-6H3,(H,14,17);7-8H,6,12H2,1-5H3;7H,5-6H2,1-4H3;7H,5-6H2,1-4H3;2*2-5H,1H3,(H,8,9,10);4-6H2,1-3H3;1H3,(H,3,4);1H4;2*1-2H/p-1/b11-8+;;10-7+;;;;;;;;;/t10-;9-;8-;;;;;;;;;/m100........./s1. The summed E-state index contributed by atoms with van der Waals surface area (Å²) in [6, 6.07) is 9.05. The number of carboxylic acids is 1. The number of halogens is 1. The number of alkyl carbamates (subject to hydrolysis) is 2. The van der Waals surface area contributed by atoms with Crippen molar-refractivity contribution in [2.24, 2.45) is 5.73 Å². The smallest absolute Gasteiger partial charge is 0.408 e. The minimum Gasteiger partial charge on any atom is -0.744 e. The summed E-state index contributed by atoms with van der Waals surface area (Å²) in [5, 5.41) is 33.8. The number of aryl methyl sites for hydroxylation is 2. The average molecular weight is 2110 g/mol. The van der Waals surface area contributed by atoms with E-state index in [0.717, 1.165) is 50.0 Å². The highest BCUT2D eigenvalue weighted by molar-refractivity contribution is 8.04. The summed E-state index contributed by atoms with van der Waals surface area (Å²) in [6.07, 6.45) is 7.11. The Morgan fingerprint density at radius 1 is 0.511 bits per heavy atom. The van der Waals surface area contributed by atoms with Crippen LogP contribution < -0.4 is 16.4 Å². The Balaban J connectivity index is -0.000000159. The molecule has 0 bridgehead atoms. The van der Waals surface area contributed by atoms with Crippen LogP contribution in [-0.2, 0) is 152 Å². The molecular weight excluding hydrogens is 1960 g/mol. The summed E-state index contributed by atoms with van der Waals surface area (Å²) < 4.78 is 234. The van der Waals surface area contributed by atoms with E-state index in [9.17, 15) is 89.1 Å². The second-order valence-electron chi connectivity index (χ2n) is 30.2. The van der Waals surface area contributed by atoms with Gasteiger partial charge in [-0.15, -0.1) is 11.8 Å². The van der Waals surface area contributed by atoms with Crippen molar-refractivity contribution in [1.29, 1.82) is 0 Å². The van der Waals surface area contributed by atoms with Crippen molar-refractivity contribution in [3.8, 4) is 0 Å². The van der Waals surface area contributed by atoms with Gasteiger partial charge in [0, 0.05) is 46.0 Å². The molecule has 2 aromatic carbocycles. The predicted molar refractivity (Wildman–Crippen MR) is 502 cm³/mol. The molecule has 131 heavy (non-hydrogen) atoms. The zero-order chi connectivity index (χ0) is 105. The number of methoxy groups -OCH3 is 3. The highest BCUT2D eigenvalue weighted by atomic mass is 35.5. The van der Waals surface area contributed by atoms with Gasteiger partial charge in [0.05, 0.1) is 93.4 Å². The van der Waals surface area contributed by atoms with Crippen LogP contribution in [0.4, 0.5) is 9.59 Å². The SMILES string of the molecule is C.CC(=O)O.CC(C)(C)OC(=O)C[C@@H](/C=C(\Cl)S(C)(=O)=O)NC(=O)OC(C)(C)C.CC(C)(C)OC(=O)C[C@@H](C=O)NC(=O)OC(C)(C)C.CCOP(=O)(CSC)OCC.CCOP(=O)(OCC)C(OC)S(C)(=O)=O.CCOP(=O)(OCC)C(OC)SC.CO/C(=C\[C@@H](N)CC(=O)OC(C)(C)C)S(C)(=O)=O.Cc1ccc(S(=O)(=O)O)cc1.Cc1ccc(S(=O)(=O)[O-])cc1.OO.OO. The zero-order valence-electron chi connectivity index (χ0n) is 79.9. The number of carboxylic acid groups (broad SMARTS) is 1. The third kappa shape index (κ3) is 86.0. The summed E-state index contributed by atoms with van der Waals surface area (Å²) in [5.41, 5.74) is 4.63. The van der Waals surface area contributed by atoms with Crippen LogP contribution in [-0.4, -0.2) is 274 Å². The van der Waals surface area contributed by atoms with Gasteiger partial charge in [-0.05, 0) is 208 Å². The van der Waals surface area contributed by atoms with Crippen molar-refractivity contribution in [1.82, 2.24) is 10.6 Å². The lowest BCUT2D eigenvalue weighted by atomic mass is 10.1. The van der Waals surface area contributed by atoms with Crippen molar-refractivity contribution >= 4 is 150 Å². The van der Waals surface area contributed by atoms with Crippen molar-refractivity contribution in [3.05, 3.63) is 81.3 Å². The van der Waals surface area contributed by atoms with Crippen LogP contribution in [0.25, 0.3) is 0 Å². The first kappa shape index (κ1) is 146. The number of rotatable bonds is 36. The minimum atomic E-state index is -4.27.